The van der Waals surface area contributed by atoms with Crippen LogP contribution in [0.5, 0.6) is 47.0 Å². The number of methoxy groups -OCH3 is 8. The molecular weight excluding hydrogens is 698 g/mol. The normalized spacial score (nSPS) is 16.5. The minimum atomic E-state index is -1.27. The molecule has 0 radical (unpaired) electrons. The lowest BCUT2D eigenvalue weighted by Gasteiger charge is -2.29. The molecule has 14 nitrogen and oxygen atoms in total. The summed E-state index contributed by atoms with van der Waals surface area (Å²) in [6.07, 6.45) is 0.225. The fourth-order valence-corrected chi connectivity index (χ4v) is 10.9. The number of hydrogen-bond donors (Lipinski definition) is 0. The first-order valence-electron chi connectivity index (χ1n) is 15.9. The quantitative estimate of drug-likeness (QED) is 0.155. The van der Waals surface area contributed by atoms with Gasteiger partial charge in [0, 0.05) is 57.8 Å². The molecule has 0 N–H and O–H groups in total. The van der Waals surface area contributed by atoms with Gasteiger partial charge in [-0.15, -0.1) is 0 Å². The van der Waals surface area contributed by atoms with Crippen molar-refractivity contribution in [3.8, 4) is 47.0 Å². The van der Waals surface area contributed by atoms with Crippen molar-refractivity contribution in [1.29, 1.82) is 0 Å². The second-order valence-electron chi connectivity index (χ2n) is 11.5. The maximum atomic E-state index is 6.73. The summed E-state index contributed by atoms with van der Waals surface area (Å²) < 4.78 is 58.4. The van der Waals surface area contributed by atoms with E-state index in [1.165, 1.54) is 0 Å². The van der Waals surface area contributed by atoms with Gasteiger partial charge in [-0.1, -0.05) is 0 Å². The Hall–Kier alpha value is -4.22. The fraction of sp³-hybridized carbons (Fsp3) is 0.429. The smallest absolute Gasteiger partial charge is 0.224 e. The number of rotatable bonds is 16. The van der Waals surface area contributed by atoms with Crippen LogP contribution in [0.15, 0.2) is 48.5 Å². The molecule has 0 amide bonds. The van der Waals surface area contributed by atoms with Crippen molar-refractivity contribution in [2.45, 2.75) is 31.8 Å². The molecule has 0 bridgehead atoms. The SMILES string of the molecule is COc1ccc(P(C[C@H]2OC(C)(C)O[C@@H]2CP(c2ccc(OC)nc2OC)c2ccc(OC)nc2OC)c2ccc(OC)nc2OC)c(OC)n1. The van der Waals surface area contributed by atoms with E-state index in [0.717, 1.165) is 21.2 Å². The first kappa shape index (κ1) is 38.0. The molecule has 274 valence electrons. The molecule has 2 atom stereocenters. The van der Waals surface area contributed by atoms with E-state index < -0.39 is 33.8 Å². The van der Waals surface area contributed by atoms with Crippen LogP contribution < -0.4 is 59.1 Å². The van der Waals surface area contributed by atoms with E-state index in [0.29, 0.717) is 59.4 Å². The predicted molar refractivity (Wildman–Crippen MR) is 195 cm³/mol. The summed E-state index contributed by atoms with van der Waals surface area (Å²) in [5.74, 6) is 2.54. The van der Waals surface area contributed by atoms with Crippen molar-refractivity contribution in [1.82, 2.24) is 19.9 Å². The number of nitrogens with zero attached hydrogens (tertiary/aromatic N) is 4. The molecule has 0 unspecified atom stereocenters. The average Bonchev–Trinajstić information content (AvgIpc) is 3.46. The maximum Gasteiger partial charge on any atom is 0.224 e. The maximum absolute atomic E-state index is 6.73. The van der Waals surface area contributed by atoms with Crippen molar-refractivity contribution < 1.29 is 47.4 Å². The zero-order valence-corrected chi connectivity index (χ0v) is 32.2. The summed E-state index contributed by atoms with van der Waals surface area (Å²) >= 11 is 0. The molecule has 0 aliphatic carbocycles. The number of hydrogen-bond acceptors (Lipinski definition) is 14. The fourth-order valence-electron chi connectivity index (χ4n) is 5.77. The minimum Gasteiger partial charge on any atom is -0.481 e. The molecule has 1 saturated heterocycles. The Morgan fingerprint density at radius 3 is 0.922 bits per heavy atom. The molecular formula is C35H44N4O10P2. The Morgan fingerprint density at radius 1 is 0.451 bits per heavy atom. The summed E-state index contributed by atoms with van der Waals surface area (Å²) in [7, 11) is 10.1. The Kier molecular flexibility index (Phi) is 12.6. The van der Waals surface area contributed by atoms with Crippen LogP contribution in [0.3, 0.4) is 0 Å². The number of ether oxygens (including phenoxy) is 10. The van der Waals surface area contributed by atoms with Crippen molar-refractivity contribution >= 4 is 37.1 Å². The molecule has 5 rings (SSSR count). The van der Waals surface area contributed by atoms with Crippen LogP contribution in [0.4, 0.5) is 0 Å². The Morgan fingerprint density at radius 2 is 0.706 bits per heavy atom. The summed E-state index contributed by atoms with van der Waals surface area (Å²) in [5.41, 5.74) is 0. The topological polar surface area (TPSA) is 144 Å². The highest BCUT2D eigenvalue weighted by Crippen LogP contribution is 2.48. The molecule has 0 saturated carbocycles. The summed E-state index contributed by atoms with van der Waals surface area (Å²) in [4.78, 5) is 18.5. The highest BCUT2D eigenvalue weighted by Gasteiger charge is 2.45. The molecule has 16 heteroatoms. The largest absolute Gasteiger partial charge is 0.481 e. The first-order chi connectivity index (χ1) is 24.6. The van der Waals surface area contributed by atoms with Crippen LogP contribution in [0.25, 0.3) is 0 Å². The second-order valence-corrected chi connectivity index (χ2v) is 15.8. The van der Waals surface area contributed by atoms with Gasteiger partial charge >= 0.3 is 0 Å². The molecule has 5 heterocycles. The zero-order chi connectivity index (χ0) is 36.7. The van der Waals surface area contributed by atoms with Crippen LogP contribution >= 0.6 is 15.8 Å². The monoisotopic (exact) mass is 742 g/mol. The van der Waals surface area contributed by atoms with Gasteiger partial charge in [0.25, 0.3) is 0 Å². The van der Waals surface area contributed by atoms with Crippen molar-refractivity contribution in [2.75, 3.05) is 69.2 Å². The van der Waals surface area contributed by atoms with Gasteiger partial charge in [0.05, 0.1) is 69.1 Å². The third kappa shape index (κ3) is 8.47. The summed E-state index contributed by atoms with van der Waals surface area (Å²) in [6, 6.07) is 15.1. The Bertz CT molecular complexity index is 1560. The van der Waals surface area contributed by atoms with Crippen LogP contribution in [-0.4, -0.2) is 107 Å². The van der Waals surface area contributed by atoms with Gasteiger partial charge in [-0.3, -0.25) is 0 Å². The first-order valence-corrected chi connectivity index (χ1v) is 18.9. The zero-order valence-electron chi connectivity index (χ0n) is 30.5. The van der Waals surface area contributed by atoms with Gasteiger partial charge in [0.15, 0.2) is 5.79 Å². The molecule has 4 aromatic rings. The van der Waals surface area contributed by atoms with E-state index in [9.17, 15) is 0 Å². The van der Waals surface area contributed by atoms with E-state index in [1.807, 2.05) is 62.4 Å². The van der Waals surface area contributed by atoms with Gasteiger partial charge in [-0.25, -0.2) is 0 Å². The van der Waals surface area contributed by atoms with E-state index in [-0.39, 0.29) is 0 Å². The lowest BCUT2D eigenvalue weighted by Crippen LogP contribution is -2.34. The lowest BCUT2D eigenvalue weighted by molar-refractivity contribution is -0.142. The van der Waals surface area contributed by atoms with Crippen molar-refractivity contribution in [2.24, 2.45) is 0 Å². The molecule has 0 aromatic carbocycles. The standard InChI is InChI=1S/C35H44N4O10P2/c1-35(2)48-21(19-50(23-11-15-27(40-3)36-31(23)44-7)24-12-16-28(41-4)37-32(24)45-8)22(49-35)20-51(25-13-17-29(42-5)38-33(25)46-9)26-14-18-30(43-6)39-34(26)47-10/h11-18,21-22H,19-20H2,1-10H3/t21-,22-/m1/s1. The molecule has 4 aromatic heterocycles. The third-order valence-electron chi connectivity index (χ3n) is 8.04. The Balaban J connectivity index is 1.63. The van der Waals surface area contributed by atoms with Gasteiger partial charge < -0.3 is 47.4 Å². The molecule has 1 aliphatic rings. The van der Waals surface area contributed by atoms with Crippen LogP contribution in [0.1, 0.15) is 13.8 Å². The summed E-state index contributed by atoms with van der Waals surface area (Å²) in [6.45, 7) is 3.83. The predicted octanol–water partition coefficient (Wildman–Crippen LogP) is 3.42. The van der Waals surface area contributed by atoms with Crippen molar-refractivity contribution in [3.05, 3.63) is 48.5 Å². The average molecular weight is 743 g/mol. The van der Waals surface area contributed by atoms with Crippen LogP contribution in [0.2, 0.25) is 0 Å². The van der Waals surface area contributed by atoms with Gasteiger partial charge in [-0.05, 0) is 54.0 Å². The van der Waals surface area contributed by atoms with Crippen LogP contribution in [0, 0.1) is 0 Å². The van der Waals surface area contributed by atoms with E-state index >= 15 is 0 Å². The van der Waals surface area contributed by atoms with E-state index in [1.54, 1.807) is 56.9 Å². The number of aromatic nitrogens is 4. The van der Waals surface area contributed by atoms with E-state index in [2.05, 4.69) is 19.9 Å². The summed E-state index contributed by atoms with van der Waals surface area (Å²) in [5, 5.41) is 3.43. The van der Waals surface area contributed by atoms with Gasteiger partial charge in [-0.2, -0.15) is 19.9 Å². The molecule has 1 aliphatic heterocycles. The minimum absolute atomic E-state index is 0.399. The highest BCUT2D eigenvalue weighted by molar-refractivity contribution is 7.74. The Labute approximate surface area is 300 Å². The van der Waals surface area contributed by atoms with Crippen molar-refractivity contribution in [3.63, 3.8) is 0 Å². The molecule has 1 fully saturated rings. The molecule has 0 spiro atoms. The lowest BCUT2D eigenvalue weighted by atomic mass is 10.3. The number of pyridine rings is 4. The second kappa shape index (κ2) is 16.9. The van der Waals surface area contributed by atoms with E-state index in [4.69, 9.17) is 47.4 Å². The molecule has 51 heavy (non-hydrogen) atoms. The van der Waals surface area contributed by atoms with Crippen LogP contribution in [-0.2, 0) is 9.47 Å². The van der Waals surface area contributed by atoms with Gasteiger partial charge in [0.2, 0.25) is 47.0 Å². The third-order valence-corrected chi connectivity index (χ3v) is 13.2. The van der Waals surface area contributed by atoms with Gasteiger partial charge in [0.1, 0.15) is 0 Å². The highest BCUT2D eigenvalue weighted by atomic mass is 31.1.